The van der Waals surface area contributed by atoms with Crippen LogP contribution in [0.1, 0.15) is 43.5 Å². The van der Waals surface area contributed by atoms with Crippen LogP contribution in [0.4, 0.5) is 10.1 Å². The van der Waals surface area contributed by atoms with Crippen molar-refractivity contribution < 1.29 is 14.3 Å². The van der Waals surface area contributed by atoms with Crippen molar-refractivity contribution in [3.8, 4) is 0 Å². The van der Waals surface area contributed by atoms with E-state index >= 15 is 0 Å². The Morgan fingerprint density at radius 3 is 2.71 bits per heavy atom. The van der Waals surface area contributed by atoms with E-state index in [-0.39, 0.29) is 11.6 Å². The third kappa shape index (κ3) is 3.73. The van der Waals surface area contributed by atoms with Gasteiger partial charge in [-0.2, -0.15) is 0 Å². The maximum atomic E-state index is 13.0. The average molecular weight is 239 g/mol. The van der Waals surface area contributed by atoms with E-state index in [2.05, 4.69) is 12.2 Å². The Balaban J connectivity index is 2.92. The summed E-state index contributed by atoms with van der Waals surface area (Å²) in [5, 5.41) is 12.2. The van der Waals surface area contributed by atoms with E-state index in [9.17, 15) is 9.18 Å². The van der Waals surface area contributed by atoms with Crippen LogP contribution in [0.15, 0.2) is 18.2 Å². The lowest BCUT2D eigenvalue weighted by molar-refractivity contribution is 0.0697. The van der Waals surface area contributed by atoms with Gasteiger partial charge in [-0.25, -0.2) is 9.18 Å². The predicted molar refractivity (Wildman–Crippen MR) is 66.0 cm³/mol. The monoisotopic (exact) mass is 239 g/mol. The Morgan fingerprint density at radius 1 is 1.47 bits per heavy atom. The first-order valence-electron chi connectivity index (χ1n) is 5.87. The van der Waals surface area contributed by atoms with Crippen LogP contribution in [-0.4, -0.2) is 17.1 Å². The summed E-state index contributed by atoms with van der Waals surface area (Å²) < 4.78 is 13.0. The number of anilines is 1. The van der Waals surface area contributed by atoms with Crippen molar-refractivity contribution >= 4 is 11.7 Å². The van der Waals surface area contributed by atoms with Gasteiger partial charge in [-0.1, -0.05) is 20.3 Å². The number of rotatable bonds is 6. The molecule has 17 heavy (non-hydrogen) atoms. The molecule has 3 nitrogen and oxygen atoms in total. The van der Waals surface area contributed by atoms with Crippen molar-refractivity contribution in [2.24, 2.45) is 0 Å². The maximum absolute atomic E-state index is 13.0. The molecule has 0 aliphatic rings. The van der Waals surface area contributed by atoms with E-state index in [1.54, 1.807) is 0 Å². The molecular formula is C13H18FNO2. The Hall–Kier alpha value is -1.58. The highest BCUT2D eigenvalue weighted by Crippen LogP contribution is 2.20. The maximum Gasteiger partial charge on any atom is 0.337 e. The van der Waals surface area contributed by atoms with Gasteiger partial charge in [0.1, 0.15) is 5.82 Å². The van der Waals surface area contributed by atoms with Crippen LogP contribution in [0.5, 0.6) is 0 Å². The van der Waals surface area contributed by atoms with Crippen LogP contribution in [0, 0.1) is 5.82 Å². The molecule has 1 rings (SSSR count). The summed E-state index contributed by atoms with van der Waals surface area (Å²) in [4.78, 5) is 11.0. The molecule has 0 radical (unpaired) electrons. The van der Waals surface area contributed by atoms with Crippen LogP contribution < -0.4 is 5.32 Å². The summed E-state index contributed by atoms with van der Waals surface area (Å²) in [7, 11) is 0. The summed E-state index contributed by atoms with van der Waals surface area (Å²) >= 11 is 0. The van der Waals surface area contributed by atoms with Crippen molar-refractivity contribution in [3.05, 3.63) is 29.6 Å². The fraction of sp³-hybridized carbons (Fsp3) is 0.462. The van der Waals surface area contributed by atoms with Crippen LogP contribution >= 0.6 is 0 Å². The number of benzene rings is 1. The second kappa shape index (κ2) is 6.23. The zero-order valence-corrected chi connectivity index (χ0v) is 10.2. The molecule has 0 spiro atoms. The van der Waals surface area contributed by atoms with Gasteiger partial charge in [-0.3, -0.25) is 0 Å². The molecule has 2 N–H and O–H groups in total. The summed E-state index contributed by atoms with van der Waals surface area (Å²) in [6.07, 6.45) is 2.90. The number of hydrogen-bond donors (Lipinski definition) is 2. The van der Waals surface area contributed by atoms with Crippen LogP contribution in [0.25, 0.3) is 0 Å². The number of carboxylic acids is 1. The number of carbonyl (C=O) groups is 1. The number of nitrogens with one attached hydrogen (secondary N) is 1. The Bertz CT molecular complexity index is 393. The summed E-state index contributed by atoms with van der Waals surface area (Å²) in [6, 6.07) is 4.03. The second-order valence-corrected chi connectivity index (χ2v) is 4.03. The first-order chi connectivity index (χ1) is 8.08. The lowest BCUT2D eigenvalue weighted by atomic mass is 10.1. The fourth-order valence-electron chi connectivity index (χ4n) is 1.77. The molecule has 1 aromatic carbocycles. The van der Waals surface area contributed by atoms with Crippen molar-refractivity contribution in [3.63, 3.8) is 0 Å². The molecule has 0 fully saturated rings. The minimum Gasteiger partial charge on any atom is -0.478 e. The van der Waals surface area contributed by atoms with E-state index in [1.807, 2.05) is 6.92 Å². The van der Waals surface area contributed by atoms with Gasteiger partial charge < -0.3 is 10.4 Å². The highest BCUT2D eigenvalue weighted by molar-refractivity contribution is 5.94. The number of aromatic carboxylic acids is 1. The third-order valence-electron chi connectivity index (χ3n) is 2.70. The SMILES string of the molecule is CCCC(CC)Nc1ccc(F)cc1C(=O)O. The smallest absolute Gasteiger partial charge is 0.337 e. The van der Waals surface area contributed by atoms with Gasteiger partial charge in [0.15, 0.2) is 0 Å². The standard InChI is InChI=1S/C13H18FNO2/c1-3-5-10(4-2)15-12-7-6-9(14)8-11(12)13(16)17/h6-8,10,15H,3-5H2,1-2H3,(H,16,17). The minimum atomic E-state index is -1.11. The first-order valence-corrected chi connectivity index (χ1v) is 5.87. The molecule has 0 saturated heterocycles. The number of hydrogen-bond acceptors (Lipinski definition) is 2. The molecule has 4 heteroatoms. The number of carboxylic acid groups (broad SMARTS) is 1. The van der Waals surface area contributed by atoms with E-state index < -0.39 is 11.8 Å². The highest BCUT2D eigenvalue weighted by atomic mass is 19.1. The van der Waals surface area contributed by atoms with E-state index in [4.69, 9.17) is 5.11 Å². The van der Waals surface area contributed by atoms with Crippen molar-refractivity contribution in [2.45, 2.75) is 39.2 Å². The topological polar surface area (TPSA) is 49.3 Å². The number of halogens is 1. The van der Waals surface area contributed by atoms with E-state index in [0.29, 0.717) is 5.69 Å². The quantitative estimate of drug-likeness (QED) is 0.798. The van der Waals surface area contributed by atoms with Gasteiger partial charge in [-0.15, -0.1) is 0 Å². The Morgan fingerprint density at radius 2 is 2.18 bits per heavy atom. The minimum absolute atomic E-state index is 0.0143. The molecule has 94 valence electrons. The average Bonchev–Trinajstić information content (AvgIpc) is 2.30. The molecule has 0 bridgehead atoms. The molecule has 1 unspecified atom stereocenters. The fourth-order valence-corrected chi connectivity index (χ4v) is 1.77. The van der Waals surface area contributed by atoms with Gasteiger partial charge in [0.2, 0.25) is 0 Å². The highest BCUT2D eigenvalue weighted by Gasteiger charge is 2.13. The summed E-state index contributed by atoms with van der Waals surface area (Å²) in [6.45, 7) is 4.12. The molecule has 0 amide bonds. The van der Waals surface area contributed by atoms with Gasteiger partial charge in [0.25, 0.3) is 0 Å². The van der Waals surface area contributed by atoms with E-state index in [0.717, 1.165) is 25.3 Å². The molecule has 0 heterocycles. The van der Waals surface area contributed by atoms with Crippen LogP contribution in [0.2, 0.25) is 0 Å². The van der Waals surface area contributed by atoms with Crippen molar-refractivity contribution in [2.75, 3.05) is 5.32 Å². The second-order valence-electron chi connectivity index (χ2n) is 4.03. The molecular weight excluding hydrogens is 221 g/mol. The van der Waals surface area contributed by atoms with Crippen molar-refractivity contribution in [1.29, 1.82) is 0 Å². The lowest BCUT2D eigenvalue weighted by Crippen LogP contribution is -2.20. The largest absolute Gasteiger partial charge is 0.478 e. The third-order valence-corrected chi connectivity index (χ3v) is 2.70. The van der Waals surface area contributed by atoms with E-state index in [1.165, 1.54) is 12.1 Å². The zero-order chi connectivity index (χ0) is 12.8. The molecule has 1 atom stereocenters. The predicted octanol–water partition coefficient (Wildman–Crippen LogP) is 3.51. The van der Waals surface area contributed by atoms with Gasteiger partial charge in [0, 0.05) is 11.7 Å². The first kappa shape index (κ1) is 13.5. The molecule has 1 aromatic rings. The lowest BCUT2D eigenvalue weighted by Gasteiger charge is -2.18. The molecule has 0 saturated carbocycles. The van der Waals surface area contributed by atoms with Crippen LogP contribution in [0.3, 0.4) is 0 Å². The van der Waals surface area contributed by atoms with Crippen molar-refractivity contribution in [1.82, 2.24) is 0 Å². The van der Waals surface area contributed by atoms with Gasteiger partial charge in [0.05, 0.1) is 5.56 Å². The Labute approximate surface area is 101 Å². The summed E-state index contributed by atoms with van der Waals surface area (Å²) in [5.74, 6) is -1.64. The normalized spacial score (nSPS) is 12.2. The molecule has 0 aliphatic carbocycles. The molecule has 0 aliphatic heterocycles. The van der Waals surface area contributed by atoms with Gasteiger partial charge >= 0.3 is 5.97 Å². The molecule has 0 aromatic heterocycles. The zero-order valence-electron chi connectivity index (χ0n) is 10.2. The summed E-state index contributed by atoms with van der Waals surface area (Å²) in [5.41, 5.74) is 0.471. The van der Waals surface area contributed by atoms with Gasteiger partial charge in [-0.05, 0) is 31.0 Å². The Kier molecular flexibility index (Phi) is 4.94. The van der Waals surface area contributed by atoms with Crippen LogP contribution in [-0.2, 0) is 0 Å².